The predicted molar refractivity (Wildman–Crippen MR) is 128 cm³/mol. The Morgan fingerprint density at radius 2 is 2.06 bits per heavy atom. The number of guanidine groups is 1. The molecule has 1 aromatic heterocycles. The number of benzene rings is 1. The summed E-state index contributed by atoms with van der Waals surface area (Å²) in [4.78, 5) is 19.4. The molecular weight excluding hydrogens is 402 g/mol. The van der Waals surface area contributed by atoms with Gasteiger partial charge in [-0.2, -0.15) is 5.10 Å². The van der Waals surface area contributed by atoms with Crippen LogP contribution in [0.5, 0.6) is 0 Å². The molecule has 0 aliphatic carbocycles. The Bertz CT molecular complexity index is 949. The summed E-state index contributed by atoms with van der Waals surface area (Å²) in [6.45, 7) is 6.62. The van der Waals surface area contributed by atoms with E-state index in [1.807, 2.05) is 11.6 Å². The van der Waals surface area contributed by atoms with Crippen LogP contribution in [0, 0.1) is 0 Å². The van der Waals surface area contributed by atoms with E-state index in [2.05, 4.69) is 62.9 Å². The number of hydrogen-bond acceptors (Lipinski definition) is 4. The van der Waals surface area contributed by atoms with Gasteiger partial charge in [0.15, 0.2) is 5.96 Å². The zero-order valence-corrected chi connectivity index (χ0v) is 19.5. The topological polar surface area (TPSA) is 79.5 Å². The highest BCUT2D eigenvalue weighted by molar-refractivity contribution is 5.79. The van der Waals surface area contributed by atoms with E-state index < -0.39 is 0 Å². The summed E-state index contributed by atoms with van der Waals surface area (Å²) >= 11 is 0. The van der Waals surface area contributed by atoms with Gasteiger partial charge in [-0.15, -0.1) is 0 Å². The molecule has 2 atom stereocenters. The number of aryl methyl sites for hydroxylation is 2. The van der Waals surface area contributed by atoms with E-state index in [1.165, 1.54) is 5.56 Å². The third-order valence-corrected chi connectivity index (χ3v) is 6.68. The van der Waals surface area contributed by atoms with Crippen LogP contribution in [0.15, 0.2) is 40.1 Å². The number of piperidine rings is 1. The fraction of sp³-hybridized carbons (Fsp3) is 0.625. The van der Waals surface area contributed by atoms with E-state index in [1.54, 1.807) is 4.68 Å². The Morgan fingerprint density at radius 3 is 2.81 bits per heavy atom. The SMILES string of the molecule is CN=C(NCCCn1nc2n(c1=O)CCCC2)NC1CCN(Cc2ccccc2)C(C)C1. The van der Waals surface area contributed by atoms with Gasteiger partial charge in [-0.3, -0.25) is 14.5 Å². The van der Waals surface area contributed by atoms with Crippen LogP contribution in [0.2, 0.25) is 0 Å². The summed E-state index contributed by atoms with van der Waals surface area (Å²) in [7, 11) is 1.82. The molecule has 4 rings (SSSR count). The molecule has 0 amide bonds. The highest BCUT2D eigenvalue weighted by atomic mass is 16.2. The van der Waals surface area contributed by atoms with E-state index in [9.17, 15) is 4.79 Å². The lowest BCUT2D eigenvalue weighted by atomic mass is 9.97. The zero-order valence-electron chi connectivity index (χ0n) is 19.5. The molecule has 1 aromatic carbocycles. The molecule has 1 saturated heterocycles. The number of aromatic nitrogens is 3. The molecule has 2 unspecified atom stereocenters. The number of fused-ring (bicyclic) bond motifs is 1. The third-order valence-electron chi connectivity index (χ3n) is 6.68. The van der Waals surface area contributed by atoms with Crippen LogP contribution < -0.4 is 16.3 Å². The molecule has 2 N–H and O–H groups in total. The average molecular weight is 440 g/mol. The monoisotopic (exact) mass is 439 g/mol. The molecule has 1 fully saturated rings. The smallest absolute Gasteiger partial charge is 0.345 e. The van der Waals surface area contributed by atoms with Crippen LogP contribution in [0.3, 0.4) is 0 Å². The minimum Gasteiger partial charge on any atom is -0.356 e. The maximum atomic E-state index is 12.4. The number of rotatable bonds is 7. The Kier molecular flexibility index (Phi) is 7.63. The zero-order chi connectivity index (χ0) is 22.3. The summed E-state index contributed by atoms with van der Waals surface area (Å²) in [5.74, 6) is 1.79. The van der Waals surface area contributed by atoms with Crippen molar-refractivity contribution < 1.29 is 0 Å². The van der Waals surface area contributed by atoms with Crippen LogP contribution in [0.25, 0.3) is 0 Å². The normalized spacial score (nSPS) is 21.9. The van der Waals surface area contributed by atoms with Crippen LogP contribution in [0.4, 0.5) is 0 Å². The second-order valence-electron chi connectivity index (χ2n) is 9.05. The van der Waals surface area contributed by atoms with Crippen molar-refractivity contribution in [3.05, 3.63) is 52.2 Å². The van der Waals surface area contributed by atoms with E-state index in [4.69, 9.17) is 0 Å². The van der Waals surface area contributed by atoms with Gasteiger partial charge < -0.3 is 10.6 Å². The van der Waals surface area contributed by atoms with Gasteiger partial charge in [0.05, 0.1) is 0 Å². The first-order valence-corrected chi connectivity index (χ1v) is 12.1. The minimum atomic E-state index is 0.0402. The number of nitrogens with one attached hydrogen (secondary N) is 2. The van der Waals surface area contributed by atoms with E-state index >= 15 is 0 Å². The lowest BCUT2D eigenvalue weighted by Crippen LogP contribution is -2.51. The summed E-state index contributed by atoms with van der Waals surface area (Å²) < 4.78 is 3.46. The molecule has 2 aromatic rings. The minimum absolute atomic E-state index is 0.0402. The van der Waals surface area contributed by atoms with E-state index in [0.29, 0.717) is 18.6 Å². The van der Waals surface area contributed by atoms with Crippen molar-refractivity contribution in [1.82, 2.24) is 29.9 Å². The molecule has 0 bridgehead atoms. The maximum absolute atomic E-state index is 12.4. The van der Waals surface area contributed by atoms with Gasteiger partial charge in [-0.25, -0.2) is 9.48 Å². The largest absolute Gasteiger partial charge is 0.356 e. The summed E-state index contributed by atoms with van der Waals surface area (Å²) in [6.07, 6.45) is 6.16. The number of hydrogen-bond donors (Lipinski definition) is 2. The maximum Gasteiger partial charge on any atom is 0.345 e. The van der Waals surface area contributed by atoms with Crippen LogP contribution in [-0.2, 0) is 26.1 Å². The molecule has 0 saturated carbocycles. The molecule has 32 heavy (non-hydrogen) atoms. The summed E-state index contributed by atoms with van der Waals surface area (Å²) in [5.41, 5.74) is 1.42. The second-order valence-corrected chi connectivity index (χ2v) is 9.05. The van der Waals surface area contributed by atoms with Crippen molar-refractivity contribution in [1.29, 1.82) is 0 Å². The molecule has 174 valence electrons. The molecule has 2 aliphatic heterocycles. The molecular formula is C24H37N7O. The van der Waals surface area contributed by atoms with Crippen LogP contribution in [0.1, 0.15) is 50.4 Å². The van der Waals surface area contributed by atoms with Crippen molar-refractivity contribution in [3.63, 3.8) is 0 Å². The van der Waals surface area contributed by atoms with Crippen molar-refractivity contribution in [2.45, 2.75) is 77.2 Å². The number of aliphatic imine (C=N–C) groups is 1. The predicted octanol–water partition coefficient (Wildman–Crippen LogP) is 1.99. The quantitative estimate of drug-likeness (QED) is 0.392. The Morgan fingerprint density at radius 1 is 1.22 bits per heavy atom. The Balaban J connectivity index is 1.19. The Labute approximate surface area is 190 Å². The average Bonchev–Trinajstić information content (AvgIpc) is 3.14. The van der Waals surface area contributed by atoms with Gasteiger partial charge in [0.2, 0.25) is 0 Å². The van der Waals surface area contributed by atoms with E-state index in [0.717, 1.165) is 76.5 Å². The lowest BCUT2D eigenvalue weighted by Gasteiger charge is -2.38. The molecule has 8 nitrogen and oxygen atoms in total. The fourth-order valence-corrected chi connectivity index (χ4v) is 4.82. The van der Waals surface area contributed by atoms with Gasteiger partial charge in [-0.05, 0) is 44.6 Å². The highest BCUT2D eigenvalue weighted by Gasteiger charge is 2.26. The summed E-state index contributed by atoms with van der Waals surface area (Å²) in [6, 6.07) is 11.7. The van der Waals surface area contributed by atoms with Crippen LogP contribution >= 0.6 is 0 Å². The fourth-order valence-electron chi connectivity index (χ4n) is 4.82. The standard InChI is InChI=1S/C24H37N7O/c1-19-17-21(12-16-29(19)18-20-9-4-3-5-10-20)27-23(25-2)26-13-8-15-31-24(32)30-14-7-6-11-22(30)28-31/h3-5,9-10,19,21H,6-8,11-18H2,1-2H3,(H2,25,26,27). The van der Waals surface area contributed by atoms with Gasteiger partial charge in [0.25, 0.3) is 0 Å². The van der Waals surface area contributed by atoms with Crippen molar-refractivity contribution in [2.75, 3.05) is 20.1 Å². The van der Waals surface area contributed by atoms with Crippen molar-refractivity contribution in [3.8, 4) is 0 Å². The third kappa shape index (κ3) is 5.59. The van der Waals surface area contributed by atoms with Crippen molar-refractivity contribution in [2.24, 2.45) is 4.99 Å². The van der Waals surface area contributed by atoms with Gasteiger partial charge in [0.1, 0.15) is 5.82 Å². The number of nitrogens with zero attached hydrogens (tertiary/aromatic N) is 5. The molecule has 0 spiro atoms. The van der Waals surface area contributed by atoms with Gasteiger partial charge in [0, 0.05) is 58.3 Å². The van der Waals surface area contributed by atoms with Gasteiger partial charge >= 0.3 is 5.69 Å². The molecule has 0 radical (unpaired) electrons. The molecule has 3 heterocycles. The first-order valence-electron chi connectivity index (χ1n) is 12.1. The molecule has 2 aliphatic rings. The van der Waals surface area contributed by atoms with Crippen molar-refractivity contribution >= 4 is 5.96 Å². The number of likely N-dealkylation sites (tertiary alicyclic amines) is 1. The first-order chi connectivity index (χ1) is 15.6. The second kappa shape index (κ2) is 10.8. The summed E-state index contributed by atoms with van der Waals surface area (Å²) in [5, 5.41) is 11.5. The van der Waals surface area contributed by atoms with E-state index in [-0.39, 0.29) is 5.69 Å². The van der Waals surface area contributed by atoms with Crippen LogP contribution in [-0.4, -0.2) is 57.4 Å². The molecule has 8 heteroatoms. The Hall–Kier alpha value is -2.61. The first kappa shape index (κ1) is 22.6. The van der Waals surface area contributed by atoms with Gasteiger partial charge in [-0.1, -0.05) is 30.3 Å². The lowest BCUT2D eigenvalue weighted by molar-refractivity contribution is 0.134. The highest BCUT2D eigenvalue weighted by Crippen LogP contribution is 2.20.